The minimum Gasteiger partial charge on any atom is -0.457 e. The number of carbonyl (C=O) groups excluding carboxylic acids is 2. The first-order valence-electron chi connectivity index (χ1n) is 10.4. The lowest BCUT2D eigenvalue weighted by Gasteiger charge is -2.13. The Morgan fingerprint density at radius 2 is 1.61 bits per heavy atom. The molecular weight excluding hydrogens is 420 g/mol. The van der Waals surface area contributed by atoms with Crippen LogP contribution in [-0.4, -0.2) is 38.0 Å². The molecule has 0 radical (unpaired) electrons. The van der Waals surface area contributed by atoms with Crippen molar-refractivity contribution in [1.82, 2.24) is 19.7 Å². The second kappa shape index (κ2) is 8.19. The monoisotopic (exact) mass is 441 g/mol. The van der Waals surface area contributed by atoms with Gasteiger partial charge in [-0.25, -0.2) is 9.25 Å². The average Bonchev–Trinajstić information content (AvgIpc) is 3.36. The molecule has 9 nitrogen and oxygen atoms in total. The van der Waals surface area contributed by atoms with Crippen molar-refractivity contribution in [3.63, 3.8) is 0 Å². The van der Waals surface area contributed by atoms with Gasteiger partial charge in [-0.2, -0.15) is 5.10 Å². The molecule has 2 aromatic carbocycles. The fourth-order valence-electron chi connectivity index (χ4n) is 3.71. The van der Waals surface area contributed by atoms with Gasteiger partial charge in [-0.15, -0.1) is 0 Å². The first-order chi connectivity index (χ1) is 16.0. The predicted molar refractivity (Wildman–Crippen MR) is 121 cm³/mol. The van der Waals surface area contributed by atoms with Crippen molar-refractivity contribution in [1.29, 1.82) is 0 Å². The summed E-state index contributed by atoms with van der Waals surface area (Å²) in [5, 5.41) is 5.44. The molecule has 2 amide bonds. The van der Waals surface area contributed by atoms with E-state index in [-0.39, 0.29) is 18.4 Å². The minimum atomic E-state index is -0.329. The molecule has 0 unspecified atom stereocenters. The number of amides is 2. The van der Waals surface area contributed by atoms with Crippen LogP contribution in [0.1, 0.15) is 0 Å². The zero-order chi connectivity index (χ0) is 22.9. The molecule has 0 saturated carbocycles. The number of hydrogen-bond donors (Lipinski definition) is 1. The molecule has 5 rings (SSSR count). The highest BCUT2D eigenvalue weighted by atomic mass is 16.5. The van der Waals surface area contributed by atoms with Crippen LogP contribution in [-0.2, 0) is 23.2 Å². The van der Waals surface area contributed by atoms with E-state index in [1.165, 1.54) is 17.1 Å². The highest BCUT2D eigenvalue weighted by molar-refractivity contribution is 6.12. The molecule has 2 aromatic heterocycles. The summed E-state index contributed by atoms with van der Waals surface area (Å²) < 4.78 is 9.28. The standard InChI is InChI=1S/C24H20N6O3/c1-28-15-26-24-21(23(28)25)22(27-30(24)14-13-29-19(31)11-12-20(29)32)16-7-9-18(10-8-16)33-17-5-3-2-4-6-17/h2-12,15,25H,13-14H2,1H3/p+1. The number of aromatic nitrogens is 4. The summed E-state index contributed by atoms with van der Waals surface area (Å²) in [7, 11) is 1.81. The van der Waals surface area contributed by atoms with Crippen molar-refractivity contribution in [2.24, 2.45) is 7.05 Å². The normalized spacial score (nSPS) is 13.3. The quantitative estimate of drug-likeness (QED) is 0.363. The summed E-state index contributed by atoms with van der Waals surface area (Å²) in [6.45, 7) is 0.484. The zero-order valence-electron chi connectivity index (χ0n) is 17.9. The van der Waals surface area contributed by atoms with Gasteiger partial charge in [0.1, 0.15) is 22.6 Å². The van der Waals surface area contributed by atoms with Gasteiger partial charge in [-0.1, -0.05) is 23.2 Å². The number of benzene rings is 2. The summed E-state index contributed by atoms with van der Waals surface area (Å²) in [6, 6.07) is 17.1. The van der Waals surface area contributed by atoms with E-state index in [2.05, 4.69) is 4.98 Å². The Morgan fingerprint density at radius 1 is 0.939 bits per heavy atom. The van der Waals surface area contributed by atoms with E-state index in [4.69, 9.17) is 15.6 Å². The Hall–Kier alpha value is -4.53. The third kappa shape index (κ3) is 3.80. The van der Waals surface area contributed by atoms with Crippen LogP contribution in [0, 0.1) is 0 Å². The van der Waals surface area contributed by atoms with Crippen molar-refractivity contribution < 1.29 is 18.9 Å². The van der Waals surface area contributed by atoms with Crippen LogP contribution in [0.2, 0.25) is 0 Å². The van der Waals surface area contributed by atoms with E-state index in [9.17, 15) is 9.59 Å². The summed E-state index contributed by atoms with van der Waals surface area (Å²) in [4.78, 5) is 29.5. The van der Waals surface area contributed by atoms with Crippen molar-refractivity contribution in [3.05, 3.63) is 73.1 Å². The molecule has 0 bridgehead atoms. The summed E-state index contributed by atoms with van der Waals surface area (Å²) in [5.41, 5.74) is 8.46. The molecule has 0 atom stereocenters. The Morgan fingerprint density at radius 3 is 2.30 bits per heavy atom. The number of nitrogens with two attached hydrogens (primary N) is 1. The number of ether oxygens (including phenoxy) is 1. The van der Waals surface area contributed by atoms with E-state index in [1.807, 2.05) is 61.6 Å². The highest BCUT2D eigenvalue weighted by Gasteiger charge is 2.26. The van der Waals surface area contributed by atoms with E-state index >= 15 is 0 Å². The third-order valence-electron chi connectivity index (χ3n) is 5.46. The Labute approximate surface area is 189 Å². The first-order valence-corrected chi connectivity index (χ1v) is 10.4. The number of aryl methyl sites for hydroxylation is 1. The van der Waals surface area contributed by atoms with Gasteiger partial charge in [-0.3, -0.25) is 14.5 Å². The van der Waals surface area contributed by atoms with Crippen LogP contribution in [0.15, 0.2) is 73.1 Å². The van der Waals surface area contributed by atoms with Crippen LogP contribution in [0.5, 0.6) is 11.5 Å². The zero-order valence-corrected chi connectivity index (χ0v) is 17.9. The van der Waals surface area contributed by atoms with Gasteiger partial charge < -0.3 is 10.5 Å². The van der Waals surface area contributed by atoms with Gasteiger partial charge >= 0.3 is 0 Å². The maximum Gasteiger partial charge on any atom is 0.253 e. The number of nitrogens with zero attached hydrogens (tertiary/aromatic N) is 5. The van der Waals surface area contributed by atoms with Gasteiger partial charge in [0.05, 0.1) is 13.6 Å². The lowest BCUT2D eigenvalue weighted by atomic mass is 10.1. The smallest absolute Gasteiger partial charge is 0.253 e. The molecule has 9 heteroatoms. The molecule has 4 aromatic rings. The summed E-state index contributed by atoms with van der Waals surface area (Å²) in [6.07, 6.45) is 4.15. The number of para-hydroxylation sites is 1. The minimum absolute atomic E-state index is 0.188. The predicted octanol–water partition coefficient (Wildman–Crippen LogP) is 2.22. The van der Waals surface area contributed by atoms with Gasteiger partial charge in [0.25, 0.3) is 11.8 Å². The number of anilines is 1. The van der Waals surface area contributed by atoms with Crippen molar-refractivity contribution >= 4 is 28.7 Å². The van der Waals surface area contributed by atoms with E-state index < -0.39 is 0 Å². The second-order valence-electron chi connectivity index (χ2n) is 7.61. The Bertz CT molecular complexity index is 1380. The van der Waals surface area contributed by atoms with E-state index in [0.717, 1.165) is 11.3 Å². The summed E-state index contributed by atoms with van der Waals surface area (Å²) in [5.74, 6) is 1.31. The second-order valence-corrected chi connectivity index (χ2v) is 7.61. The average molecular weight is 441 g/mol. The lowest BCUT2D eigenvalue weighted by Crippen LogP contribution is -2.34. The summed E-state index contributed by atoms with van der Waals surface area (Å²) >= 11 is 0. The molecule has 0 spiro atoms. The number of imide groups is 1. The van der Waals surface area contributed by atoms with Gasteiger partial charge in [-0.05, 0) is 36.4 Å². The van der Waals surface area contributed by atoms with E-state index in [0.29, 0.717) is 34.8 Å². The number of nitrogen functional groups attached to an aromatic ring is 1. The molecule has 164 valence electrons. The highest BCUT2D eigenvalue weighted by Crippen LogP contribution is 2.31. The first kappa shape index (κ1) is 20.4. The van der Waals surface area contributed by atoms with Gasteiger partial charge in [0.15, 0.2) is 0 Å². The fourth-order valence-corrected chi connectivity index (χ4v) is 3.71. The van der Waals surface area contributed by atoms with E-state index in [1.54, 1.807) is 15.6 Å². The molecule has 0 fully saturated rings. The number of carbonyl (C=O) groups is 2. The SMILES string of the molecule is C[n+]1cnc2c(c(-c3ccc(Oc4ccccc4)cc3)nn2CCN2C(=O)C=CC2=O)c1N. The Balaban J connectivity index is 1.48. The Kier molecular flexibility index (Phi) is 5.06. The molecule has 0 aliphatic carbocycles. The number of rotatable bonds is 6. The maximum atomic E-state index is 11.9. The fraction of sp³-hybridized carbons (Fsp3) is 0.125. The van der Waals surface area contributed by atoms with Crippen molar-refractivity contribution in [2.45, 2.75) is 6.54 Å². The van der Waals surface area contributed by atoms with Crippen LogP contribution in [0.3, 0.4) is 0 Å². The molecule has 1 aliphatic heterocycles. The lowest BCUT2D eigenvalue weighted by molar-refractivity contribution is -0.658. The molecule has 33 heavy (non-hydrogen) atoms. The van der Waals surface area contributed by atoms with Crippen molar-refractivity contribution in [3.8, 4) is 22.8 Å². The van der Waals surface area contributed by atoms with Crippen molar-refractivity contribution in [2.75, 3.05) is 12.3 Å². The van der Waals surface area contributed by atoms with Crippen LogP contribution in [0.25, 0.3) is 22.3 Å². The van der Waals surface area contributed by atoms with Gasteiger partial charge in [0, 0.05) is 24.3 Å². The van der Waals surface area contributed by atoms with Crippen LogP contribution < -0.4 is 15.0 Å². The number of hydrogen-bond acceptors (Lipinski definition) is 6. The molecule has 1 aliphatic rings. The molecule has 2 N–H and O–H groups in total. The van der Waals surface area contributed by atoms with Crippen LogP contribution >= 0.6 is 0 Å². The third-order valence-corrected chi connectivity index (χ3v) is 5.46. The maximum absolute atomic E-state index is 11.9. The van der Waals surface area contributed by atoms with Gasteiger partial charge in [0.2, 0.25) is 17.8 Å². The largest absolute Gasteiger partial charge is 0.457 e. The topological polar surface area (TPSA) is 107 Å². The van der Waals surface area contributed by atoms with Crippen LogP contribution in [0.4, 0.5) is 5.82 Å². The molecule has 0 saturated heterocycles. The molecular formula is C24H21N6O3+. The molecule has 3 heterocycles. The number of fused-ring (bicyclic) bond motifs is 1.